The van der Waals surface area contributed by atoms with Gasteiger partial charge in [0.2, 0.25) is 5.91 Å². The minimum absolute atomic E-state index is 0.0891. The Labute approximate surface area is 233 Å². The summed E-state index contributed by atoms with van der Waals surface area (Å²) in [5, 5.41) is 27.3. The average Bonchev–Trinajstić information content (AvgIpc) is 3.19. The molecule has 0 aliphatic carbocycles. The molecule has 0 bridgehead atoms. The number of amides is 1. The molecule has 6 rings (SSSR count). The number of phenolic OH excluding ortho intramolecular Hbond substituents is 2. The van der Waals surface area contributed by atoms with E-state index in [1.165, 1.54) is 11.8 Å². The molecule has 0 atom stereocenters. The lowest BCUT2D eigenvalue weighted by Gasteiger charge is -2.36. The lowest BCUT2D eigenvalue weighted by molar-refractivity contribution is -0.118. The summed E-state index contributed by atoms with van der Waals surface area (Å²) < 4.78 is 1.81. The van der Waals surface area contributed by atoms with Crippen molar-refractivity contribution in [1.29, 1.82) is 0 Å². The van der Waals surface area contributed by atoms with Crippen LogP contribution in [0.4, 0.5) is 22.9 Å². The number of carbonyl (C=O) groups is 1. The summed E-state index contributed by atoms with van der Waals surface area (Å²) in [7, 11) is 1.90. The zero-order chi connectivity index (χ0) is 27.6. The number of anilines is 4. The molecule has 2 aliphatic heterocycles. The highest BCUT2D eigenvalue weighted by Gasteiger charge is 2.25. The van der Waals surface area contributed by atoms with E-state index in [1.54, 1.807) is 12.1 Å². The summed E-state index contributed by atoms with van der Waals surface area (Å²) >= 11 is 0. The highest BCUT2D eigenvalue weighted by molar-refractivity contribution is 5.98. The maximum absolute atomic E-state index is 13.4. The van der Waals surface area contributed by atoms with Gasteiger partial charge in [0.1, 0.15) is 17.3 Å². The van der Waals surface area contributed by atoms with Gasteiger partial charge in [-0.05, 0) is 53.9 Å². The van der Waals surface area contributed by atoms with Crippen LogP contribution in [0.1, 0.15) is 23.1 Å². The number of nitrogens with one attached hydrogen (secondary N) is 1. The Bertz CT molecular complexity index is 1490. The first-order chi connectivity index (χ1) is 19.4. The number of nitrogens with zero attached hydrogens (tertiary/aromatic N) is 5. The topological polar surface area (TPSA) is 97.1 Å². The normalized spacial score (nSPS) is 15.2. The van der Waals surface area contributed by atoms with Gasteiger partial charge < -0.3 is 25.3 Å². The van der Waals surface area contributed by atoms with Crippen LogP contribution >= 0.6 is 0 Å². The van der Waals surface area contributed by atoms with Crippen molar-refractivity contribution in [3.05, 3.63) is 89.6 Å². The number of hydrogen-bond acceptors (Lipinski definition) is 7. The van der Waals surface area contributed by atoms with E-state index in [9.17, 15) is 15.0 Å². The molecule has 3 aromatic carbocycles. The van der Waals surface area contributed by atoms with Gasteiger partial charge >= 0.3 is 0 Å². The van der Waals surface area contributed by atoms with E-state index >= 15 is 0 Å². The van der Waals surface area contributed by atoms with Crippen LogP contribution in [0.2, 0.25) is 0 Å². The summed E-state index contributed by atoms with van der Waals surface area (Å²) in [6.45, 7) is 4.80. The number of aryl methyl sites for hydroxylation is 2. The molecule has 0 spiro atoms. The predicted molar refractivity (Wildman–Crippen MR) is 156 cm³/mol. The van der Waals surface area contributed by atoms with E-state index in [2.05, 4.69) is 44.5 Å². The lowest BCUT2D eigenvalue weighted by Crippen LogP contribution is -2.45. The first-order valence-electron chi connectivity index (χ1n) is 13.7. The lowest BCUT2D eigenvalue weighted by atomic mass is 10.1. The van der Waals surface area contributed by atoms with E-state index in [0.29, 0.717) is 25.9 Å². The van der Waals surface area contributed by atoms with E-state index in [4.69, 9.17) is 0 Å². The molecule has 1 aromatic heterocycles. The van der Waals surface area contributed by atoms with Gasteiger partial charge in [-0.25, -0.2) is 0 Å². The van der Waals surface area contributed by atoms with E-state index in [-0.39, 0.29) is 17.4 Å². The van der Waals surface area contributed by atoms with Crippen LogP contribution in [0, 0.1) is 0 Å². The van der Waals surface area contributed by atoms with Gasteiger partial charge in [0.05, 0.1) is 24.1 Å². The SMILES string of the molecule is Cn1ncc2c1Nc1ccccc1N(C(=O)CCc1ccc(N3CCN(Cc4cc(O)cc(O)c4)CC3)cc1)C2. The van der Waals surface area contributed by atoms with Crippen LogP contribution in [-0.4, -0.2) is 57.0 Å². The fraction of sp³-hybridized carbons (Fsp3) is 0.290. The Morgan fingerprint density at radius 2 is 1.65 bits per heavy atom. The molecule has 9 nitrogen and oxygen atoms in total. The van der Waals surface area contributed by atoms with Gasteiger partial charge in [0.15, 0.2) is 0 Å². The summed E-state index contributed by atoms with van der Waals surface area (Å²) in [4.78, 5) is 20.0. The fourth-order valence-electron chi connectivity index (χ4n) is 5.61. The van der Waals surface area contributed by atoms with Crippen LogP contribution < -0.4 is 15.1 Å². The zero-order valence-corrected chi connectivity index (χ0v) is 22.6. The van der Waals surface area contributed by atoms with Crippen molar-refractivity contribution in [3.8, 4) is 11.5 Å². The number of fused-ring (bicyclic) bond motifs is 2. The van der Waals surface area contributed by atoms with Gasteiger partial charge in [-0.3, -0.25) is 14.4 Å². The van der Waals surface area contributed by atoms with Gasteiger partial charge in [-0.15, -0.1) is 0 Å². The molecular weight excluding hydrogens is 504 g/mol. The molecule has 3 heterocycles. The number of para-hydroxylation sites is 2. The molecule has 1 saturated heterocycles. The number of rotatable bonds is 6. The van der Waals surface area contributed by atoms with Crippen LogP contribution in [-0.2, 0) is 31.4 Å². The zero-order valence-electron chi connectivity index (χ0n) is 22.6. The first-order valence-corrected chi connectivity index (χ1v) is 13.7. The van der Waals surface area contributed by atoms with E-state index in [0.717, 1.165) is 60.1 Å². The quantitative estimate of drug-likeness (QED) is 0.335. The van der Waals surface area contributed by atoms with Crippen LogP contribution in [0.25, 0.3) is 0 Å². The standard InChI is InChI=1S/C31H34N6O3/c1-34-31-24(19-32-34)21-37(29-5-3-2-4-28(29)33-31)30(40)11-8-22-6-9-25(10-7-22)36-14-12-35(13-15-36)20-23-16-26(38)18-27(39)17-23/h2-7,9-10,16-19,33,38-39H,8,11-15,20-21H2,1H3. The van der Waals surface area contributed by atoms with Crippen molar-refractivity contribution < 1.29 is 15.0 Å². The van der Waals surface area contributed by atoms with Gasteiger partial charge in [-0.1, -0.05) is 24.3 Å². The van der Waals surface area contributed by atoms with Crippen molar-refractivity contribution >= 4 is 28.8 Å². The highest BCUT2D eigenvalue weighted by atomic mass is 16.3. The molecule has 40 heavy (non-hydrogen) atoms. The third kappa shape index (κ3) is 5.46. The Morgan fingerprint density at radius 1 is 0.925 bits per heavy atom. The summed E-state index contributed by atoms with van der Waals surface area (Å²) in [5.74, 6) is 1.18. The maximum Gasteiger partial charge on any atom is 0.227 e. The second-order valence-electron chi connectivity index (χ2n) is 10.6. The molecule has 1 fully saturated rings. The Balaban J connectivity index is 1.05. The second kappa shape index (κ2) is 10.9. The number of carbonyl (C=O) groups excluding carboxylic acids is 1. The van der Waals surface area contributed by atoms with Gasteiger partial charge in [0, 0.05) is 63.5 Å². The molecule has 206 valence electrons. The number of phenols is 2. The third-order valence-electron chi connectivity index (χ3n) is 7.76. The molecule has 1 amide bonds. The largest absolute Gasteiger partial charge is 0.508 e. The van der Waals surface area contributed by atoms with E-state index < -0.39 is 0 Å². The van der Waals surface area contributed by atoms with Gasteiger partial charge in [-0.2, -0.15) is 5.10 Å². The third-order valence-corrected chi connectivity index (χ3v) is 7.76. The molecular formula is C31H34N6O3. The van der Waals surface area contributed by atoms with Crippen LogP contribution in [0.3, 0.4) is 0 Å². The number of piperazine rings is 1. The molecule has 3 N–H and O–H groups in total. The Hall–Kier alpha value is -4.50. The van der Waals surface area contributed by atoms with Crippen molar-refractivity contribution in [3.63, 3.8) is 0 Å². The molecule has 0 radical (unpaired) electrons. The first kappa shape index (κ1) is 25.8. The minimum Gasteiger partial charge on any atom is -0.508 e. The summed E-state index contributed by atoms with van der Waals surface area (Å²) in [6.07, 6.45) is 2.92. The highest BCUT2D eigenvalue weighted by Crippen LogP contribution is 2.35. The van der Waals surface area contributed by atoms with Crippen molar-refractivity contribution in [2.24, 2.45) is 7.05 Å². The van der Waals surface area contributed by atoms with Crippen LogP contribution in [0.5, 0.6) is 11.5 Å². The monoisotopic (exact) mass is 538 g/mol. The summed E-state index contributed by atoms with van der Waals surface area (Å²) in [6, 6.07) is 21.2. The van der Waals surface area contributed by atoms with Gasteiger partial charge in [0.25, 0.3) is 0 Å². The smallest absolute Gasteiger partial charge is 0.227 e. The molecule has 0 saturated carbocycles. The van der Waals surface area contributed by atoms with Crippen LogP contribution in [0.15, 0.2) is 72.9 Å². The van der Waals surface area contributed by atoms with Crippen molar-refractivity contribution in [2.75, 3.05) is 41.3 Å². The van der Waals surface area contributed by atoms with Crippen molar-refractivity contribution in [1.82, 2.24) is 14.7 Å². The van der Waals surface area contributed by atoms with E-state index in [1.807, 2.05) is 47.1 Å². The van der Waals surface area contributed by atoms with Crippen molar-refractivity contribution in [2.45, 2.75) is 25.9 Å². The number of aromatic hydroxyl groups is 2. The Morgan fingerprint density at radius 3 is 2.40 bits per heavy atom. The maximum atomic E-state index is 13.4. The summed E-state index contributed by atoms with van der Waals surface area (Å²) in [5.41, 5.74) is 6.02. The molecule has 2 aliphatic rings. The molecule has 4 aromatic rings. The molecule has 0 unspecified atom stereocenters. The molecule has 9 heteroatoms. The fourth-order valence-corrected chi connectivity index (χ4v) is 5.61. The second-order valence-corrected chi connectivity index (χ2v) is 10.6. The Kier molecular flexibility index (Phi) is 7.04. The number of benzene rings is 3. The number of hydrogen-bond donors (Lipinski definition) is 3. The predicted octanol–water partition coefficient (Wildman–Crippen LogP) is 4.38. The minimum atomic E-state index is 0.0891. The number of aromatic nitrogens is 2. The average molecular weight is 539 g/mol.